The van der Waals surface area contributed by atoms with Crippen molar-refractivity contribution >= 4 is 11.5 Å². The van der Waals surface area contributed by atoms with Gasteiger partial charge >= 0.3 is 5.19 Å². The highest BCUT2D eigenvalue weighted by Gasteiger charge is 2.07. The van der Waals surface area contributed by atoms with Gasteiger partial charge in [0, 0.05) is 11.5 Å². The average molecular weight is 223 g/mol. The van der Waals surface area contributed by atoms with E-state index >= 15 is 0 Å². The lowest BCUT2D eigenvalue weighted by atomic mass is 10.2. The summed E-state index contributed by atoms with van der Waals surface area (Å²) in [6.45, 7) is 1.98. The van der Waals surface area contributed by atoms with E-state index in [-0.39, 0.29) is 0 Å². The Bertz CT molecular complexity index is 445. The molecule has 0 fully saturated rings. The largest absolute Gasteiger partial charge is 0.493 e. The molecule has 0 saturated carbocycles. The molecule has 0 unspecified atom stereocenters. The lowest BCUT2D eigenvalue weighted by molar-refractivity contribution is 0.376. The molecule has 0 atom stereocenters. The molecule has 0 N–H and O–H groups in total. The molecule has 0 spiro atoms. The number of aromatic nitrogens is 3. The quantitative estimate of drug-likeness (QED) is 0.797. The number of ether oxygens (including phenoxy) is 2. The number of methoxy groups -OCH3 is 1. The van der Waals surface area contributed by atoms with Crippen molar-refractivity contribution in [1.82, 2.24) is 14.8 Å². The van der Waals surface area contributed by atoms with E-state index < -0.39 is 0 Å². The Hall–Kier alpha value is -1.69. The second-order valence-electron chi connectivity index (χ2n) is 2.88. The number of rotatable bonds is 3. The molecule has 2 aromatic rings. The minimum atomic E-state index is 0.400. The number of benzene rings is 1. The normalized spacial score (nSPS) is 10.0. The monoisotopic (exact) mass is 223 g/mol. The van der Waals surface area contributed by atoms with Crippen LogP contribution in [0.5, 0.6) is 16.7 Å². The zero-order chi connectivity index (χ0) is 10.7. The maximum Gasteiger partial charge on any atom is 0.319 e. The molecular formula is C9H9N3O2S. The number of hydrogen-bond donors (Lipinski definition) is 0. The summed E-state index contributed by atoms with van der Waals surface area (Å²) in [4.78, 5) is 0. The van der Waals surface area contributed by atoms with Crippen molar-refractivity contribution in [3.05, 3.63) is 23.8 Å². The SMILES string of the molecule is COc1cc(C)ccc1Oc1nnns1. The Balaban J connectivity index is 2.28. The van der Waals surface area contributed by atoms with E-state index in [4.69, 9.17) is 9.47 Å². The smallest absolute Gasteiger partial charge is 0.319 e. The van der Waals surface area contributed by atoms with Crippen LogP contribution in [0.4, 0.5) is 0 Å². The third-order valence-electron chi connectivity index (χ3n) is 1.80. The van der Waals surface area contributed by atoms with E-state index in [1.807, 2.05) is 25.1 Å². The molecule has 6 heteroatoms. The van der Waals surface area contributed by atoms with Gasteiger partial charge in [-0.3, -0.25) is 0 Å². The third kappa shape index (κ3) is 2.21. The van der Waals surface area contributed by atoms with Gasteiger partial charge in [-0.1, -0.05) is 15.7 Å². The fraction of sp³-hybridized carbons (Fsp3) is 0.222. The lowest BCUT2D eigenvalue weighted by Gasteiger charge is -2.07. The molecule has 0 aliphatic heterocycles. The maximum atomic E-state index is 5.45. The highest BCUT2D eigenvalue weighted by atomic mass is 32.1. The van der Waals surface area contributed by atoms with Crippen molar-refractivity contribution in [2.24, 2.45) is 0 Å². The summed E-state index contributed by atoms with van der Waals surface area (Å²) >= 11 is 1.09. The van der Waals surface area contributed by atoms with E-state index in [0.717, 1.165) is 17.1 Å². The van der Waals surface area contributed by atoms with Crippen LogP contribution in [0.25, 0.3) is 0 Å². The van der Waals surface area contributed by atoms with Crippen molar-refractivity contribution < 1.29 is 9.47 Å². The molecule has 0 aliphatic rings. The molecule has 78 valence electrons. The Morgan fingerprint density at radius 3 is 2.80 bits per heavy atom. The first kappa shape index (κ1) is 9.85. The molecule has 1 heterocycles. The van der Waals surface area contributed by atoms with Gasteiger partial charge in [0.05, 0.1) is 7.11 Å². The van der Waals surface area contributed by atoms with E-state index in [1.54, 1.807) is 7.11 Å². The standard InChI is InChI=1S/C9H9N3O2S/c1-6-3-4-7(8(5-6)13-2)14-9-10-11-12-15-9/h3-5H,1-2H3. The number of hydrogen-bond acceptors (Lipinski definition) is 6. The van der Waals surface area contributed by atoms with Crippen LogP contribution in [0.1, 0.15) is 5.56 Å². The van der Waals surface area contributed by atoms with Crippen LogP contribution >= 0.6 is 11.5 Å². The van der Waals surface area contributed by atoms with Gasteiger partial charge in [-0.15, -0.1) is 0 Å². The predicted octanol–water partition coefficient (Wildman–Crippen LogP) is 2.04. The summed E-state index contributed by atoms with van der Waals surface area (Å²) in [5.41, 5.74) is 1.11. The molecule has 15 heavy (non-hydrogen) atoms. The van der Waals surface area contributed by atoms with E-state index in [1.165, 1.54) is 0 Å². The lowest BCUT2D eigenvalue weighted by Crippen LogP contribution is -1.90. The van der Waals surface area contributed by atoms with E-state index in [0.29, 0.717) is 16.7 Å². The topological polar surface area (TPSA) is 57.1 Å². The Morgan fingerprint density at radius 1 is 1.27 bits per heavy atom. The van der Waals surface area contributed by atoms with Gasteiger partial charge in [0.15, 0.2) is 11.5 Å². The van der Waals surface area contributed by atoms with Crippen molar-refractivity contribution in [2.45, 2.75) is 6.92 Å². The first-order chi connectivity index (χ1) is 7.29. The van der Waals surface area contributed by atoms with E-state index in [2.05, 4.69) is 14.8 Å². The summed E-state index contributed by atoms with van der Waals surface area (Å²) in [6, 6.07) is 5.66. The summed E-state index contributed by atoms with van der Waals surface area (Å²) in [5.74, 6) is 1.28. The summed E-state index contributed by atoms with van der Waals surface area (Å²) < 4.78 is 14.2. The first-order valence-electron chi connectivity index (χ1n) is 4.27. The van der Waals surface area contributed by atoms with Gasteiger partial charge in [-0.05, 0) is 29.8 Å². The Kier molecular flexibility index (Phi) is 2.77. The molecule has 1 aromatic heterocycles. The van der Waals surface area contributed by atoms with Gasteiger partial charge < -0.3 is 9.47 Å². The average Bonchev–Trinajstić information content (AvgIpc) is 2.73. The van der Waals surface area contributed by atoms with Crippen LogP contribution < -0.4 is 9.47 Å². The third-order valence-corrected chi connectivity index (χ3v) is 2.27. The van der Waals surface area contributed by atoms with Crippen LogP contribution in [0.3, 0.4) is 0 Å². The zero-order valence-corrected chi connectivity index (χ0v) is 9.11. The van der Waals surface area contributed by atoms with Gasteiger partial charge in [-0.25, -0.2) is 0 Å². The maximum absolute atomic E-state index is 5.45. The van der Waals surface area contributed by atoms with Crippen molar-refractivity contribution in [2.75, 3.05) is 7.11 Å². The highest BCUT2D eigenvalue weighted by Crippen LogP contribution is 2.31. The first-order valence-corrected chi connectivity index (χ1v) is 5.04. The van der Waals surface area contributed by atoms with Crippen LogP contribution in [0.2, 0.25) is 0 Å². The molecule has 1 aromatic carbocycles. The minimum Gasteiger partial charge on any atom is -0.493 e. The highest BCUT2D eigenvalue weighted by molar-refractivity contribution is 7.07. The van der Waals surface area contributed by atoms with Crippen LogP contribution in [-0.4, -0.2) is 21.9 Å². The fourth-order valence-electron chi connectivity index (χ4n) is 1.12. The molecular weight excluding hydrogens is 214 g/mol. The molecule has 0 saturated heterocycles. The van der Waals surface area contributed by atoms with Gasteiger partial charge in [0.25, 0.3) is 0 Å². The fourth-order valence-corrected chi connectivity index (χ4v) is 1.46. The Morgan fingerprint density at radius 2 is 2.13 bits per heavy atom. The summed E-state index contributed by atoms with van der Waals surface area (Å²) in [6.07, 6.45) is 0. The van der Waals surface area contributed by atoms with Crippen LogP contribution in [0, 0.1) is 6.92 Å². The summed E-state index contributed by atoms with van der Waals surface area (Å²) in [5, 5.41) is 7.53. The molecule has 0 bridgehead atoms. The summed E-state index contributed by atoms with van der Waals surface area (Å²) in [7, 11) is 1.60. The molecule has 0 radical (unpaired) electrons. The molecule has 2 rings (SSSR count). The predicted molar refractivity (Wildman–Crippen MR) is 55.5 cm³/mol. The molecule has 0 amide bonds. The van der Waals surface area contributed by atoms with Gasteiger partial charge in [-0.2, -0.15) is 0 Å². The van der Waals surface area contributed by atoms with Crippen molar-refractivity contribution in [3.8, 4) is 16.7 Å². The van der Waals surface area contributed by atoms with E-state index in [9.17, 15) is 0 Å². The minimum absolute atomic E-state index is 0.400. The second kappa shape index (κ2) is 4.22. The van der Waals surface area contributed by atoms with Gasteiger partial charge in [0.1, 0.15) is 0 Å². The van der Waals surface area contributed by atoms with Crippen LogP contribution in [-0.2, 0) is 0 Å². The number of aryl methyl sites for hydroxylation is 1. The molecule has 5 nitrogen and oxygen atoms in total. The molecule has 0 aliphatic carbocycles. The second-order valence-corrected chi connectivity index (χ2v) is 3.58. The van der Waals surface area contributed by atoms with Crippen LogP contribution in [0.15, 0.2) is 18.2 Å². The van der Waals surface area contributed by atoms with Crippen molar-refractivity contribution in [3.63, 3.8) is 0 Å². The number of nitrogens with zero attached hydrogens (tertiary/aromatic N) is 3. The Labute approximate surface area is 90.8 Å². The van der Waals surface area contributed by atoms with Crippen molar-refractivity contribution in [1.29, 1.82) is 0 Å². The zero-order valence-electron chi connectivity index (χ0n) is 8.30. The van der Waals surface area contributed by atoms with Gasteiger partial charge in [0.2, 0.25) is 0 Å².